The third-order valence-corrected chi connectivity index (χ3v) is 8.30. The zero-order valence-corrected chi connectivity index (χ0v) is 29.2. The zero-order chi connectivity index (χ0) is 36.5. The Labute approximate surface area is 295 Å². The first-order chi connectivity index (χ1) is 24.6. The molecule has 1 aliphatic rings. The van der Waals surface area contributed by atoms with E-state index in [1.165, 1.54) is 6.07 Å². The molecule has 16 heteroatoms. The van der Waals surface area contributed by atoms with Crippen LogP contribution in [0.2, 0.25) is 0 Å². The maximum Gasteiger partial charge on any atom is 0.276 e. The number of carbonyl (C=O) groups is 3. The van der Waals surface area contributed by atoms with E-state index >= 15 is 0 Å². The van der Waals surface area contributed by atoms with E-state index in [9.17, 15) is 14.4 Å². The van der Waals surface area contributed by atoms with Crippen LogP contribution in [0.3, 0.4) is 0 Å². The summed E-state index contributed by atoms with van der Waals surface area (Å²) in [5.74, 6) is -0.551. The molecule has 5 rings (SSSR count). The van der Waals surface area contributed by atoms with Crippen LogP contribution in [0.25, 0.3) is 11.0 Å². The van der Waals surface area contributed by atoms with Crippen molar-refractivity contribution in [3.05, 3.63) is 65.0 Å². The highest BCUT2D eigenvalue weighted by molar-refractivity contribution is 6.04. The summed E-state index contributed by atoms with van der Waals surface area (Å²) < 4.78 is 20.8. The van der Waals surface area contributed by atoms with Crippen LogP contribution in [0, 0.1) is 6.92 Å². The molecule has 16 nitrogen and oxygen atoms in total. The molecule has 2 aromatic carbocycles. The minimum Gasteiger partial charge on any atom is -0.492 e. The van der Waals surface area contributed by atoms with Crippen LogP contribution in [0.4, 0.5) is 17.3 Å². The van der Waals surface area contributed by atoms with Crippen molar-refractivity contribution in [3.8, 4) is 11.5 Å². The first-order valence-corrected chi connectivity index (χ1v) is 17.0. The second-order valence-electron chi connectivity index (χ2n) is 11.9. The number of aromatic nitrogens is 4. The van der Waals surface area contributed by atoms with Crippen molar-refractivity contribution < 1.29 is 28.6 Å². The molecule has 1 saturated heterocycles. The summed E-state index contributed by atoms with van der Waals surface area (Å²) in [4.78, 5) is 44.5. The van der Waals surface area contributed by atoms with Crippen LogP contribution in [0.15, 0.2) is 42.5 Å². The molecule has 1 fully saturated rings. The first kappa shape index (κ1) is 36.7. The molecule has 1 aliphatic heterocycles. The topological polar surface area (TPSA) is 220 Å². The number of nitrogens with one attached hydrogen (secondary N) is 2. The van der Waals surface area contributed by atoms with Crippen LogP contribution >= 0.6 is 0 Å². The number of primary amides is 2. The fourth-order valence-electron chi connectivity index (χ4n) is 5.85. The number of rotatable bonds is 17. The van der Waals surface area contributed by atoms with Crippen molar-refractivity contribution in [1.29, 1.82) is 0 Å². The maximum atomic E-state index is 13.4. The SMILES string of the molecule is CCOc1cc(C(N)=O)cc2nc(NC(=O)c3cc(C)nn3CC)n(CC=CCNc3c(N)cc(C(N)=O)cc3OCCCN3CCOCC3)c12. The van der Waals surface area contributed by atoms with Gasteiger partial charge in [-0.1, -0.05) is 12.2 Å². The molecule has 0 radical (unpaired) electrons. The summed E-state index contributed by atoms with van der Waals surface area (Å²) >= 11 is 0. The Hall–Kier alpha value is -5.61. The first-order valence-electron chi connectivity index (χ1n) is 17.0. The molecular formula is C35H46N10O6. The molecule has 51 heavy (non-hydrogen) atoms. The van der Waals surface area contributed by atoms with E-state index in [1.54, 1.807) is 33.5 Å². The molecule has 0 saturated carbocycles. The van der Waals surface area contributed by atoms with E-state index < -0.39 is 11.8 Å². The van der Waals surface area contributed by atoms with Gasteiger partial charge in [-0.25, -0.2) is 4.98 Å². The predicted molar refractivity (Wildman–Crippen MR) is 194 cm³/mol. The average molecular weight is 703 g/mol. The number of anilines is 3. The van der Waals surface area contributed by atoms with Gasteiger partial charge in [0.15, 0.2) is 0 Å². The molecule has 4 aromatic rings. The quantitative estimate of drug-likeness (QED) is 0.0612. The Morgan fingerprint density at radius 2 is 1.71 bits per heavy atom. The number of benzene rings is 2. The van der Waals surface area contributed by atoms with Crippen molar-refractivity contribution in [3.63, 3.8) is 0 Å². The molecule has 0 atom stereocenters. The number of hydrogen-bond acceptors (Lipinski definition) is 11. The standard InChI is InChI=1S/C35H46N10O6/c1-4-45-27(17-22(3)42-45)34(48)41-35-40-26-19-24(33(38)47)21-29(50-5-2)31(26)44(35)11-7-6-9-39-30-25(36)18-23(32(37)46)20-28(30)51-14-8-10-43-12-15-49-16-13-43/h6-7,17-21,39H,4-5,8-16,36H2,1-3H3,(H2,37,46)(H2,38,47)(H,40,41,48). The molecule has 8 N–H and O–H groups in total. The van der Waals surface area contributed by atoms with E-state index in [-0.39, 0.29) is 29.5 Å². The van der Waals surface area contributed by atoms with E-state index in [0.29, 0.717) is 71.6 Å². The number of hydrogen-bond donors (Lipinski definition) is 5. The fraction of sp³-hybridized carbons (Fsp3) is 0.400. The highest BCUT2D eigenvalue weighted by atomic mass is 16.5. The van der Waals surface area contributed by atoms with Gasteiger partial charge in [-0.15, -0.1) is 0 Å². The van der Waals surface area contributed by atoms with Gasteiger partial charge >= 0.3 is 0 Å². The zero-order valence-electron chi connectivity index (χ0n) is 29.2. The molecule has 2 aromatic heterocycles. The lowest BCUT2D eigenvalue weighted by Crippen LogP contribution is -2.37. The van der Waals surface area contributed by atoms with Gasteiger partial charge in [0, 0.05) is 50.4 Å². The summed E-state index contributed by atoms with van der Waals surface area (Å²) in [5, 5.41) is 10.6. The van der Waals surface area contributed by atoms with E-state index in [4.69, 9.17) is 31.4 Å². The number of amides is 3. The molecule has 0 bridgehead atoms. The van der Waals surface area contributed by atoms with Crippen molar-refractivity contribution in [2.24, 2.45) is 11.5 Å². The smallest absolute Gasteiger partial charge is 0.276 e. The predicted octanol–water partition coefficient (Wildman–Crippen LogP) is 2.76. The van der Waals surface area contributed by atoms with Crippen molar-refractivity contribution in [2.75, 3.05) is 69.0 Å². The summed E-state index contributed by atoms with van der Waals surface area (Å²) in [6.07, 6.45) is 4.55. The largest absolute Gasteiger partial charge is 0.492 e. The lowest BCUT2D eigenvalue weighted by Gasteiger charge is -2.26. The van der Waals surface area contributed by atoms with E-state index in [2.05, 4.69) is 25.6 Å². The Morgan fingerprint density at radius 3 is 2.41 bits per heavy atom. The number of morpholine rings is 1. The fourth-order valence-corrected chi connectivity index (χ4v) is 5.85. The number of ether oxygens (including phenoxy) is 3. The number of allylic oxidation sites excluding steroid dienone is 1. The second-order valence-corrected chi connectivity index (χ2v) is 11.9. The number of carbonyl (C=O) groups excluding carboxylic acids is 3. The number of nitrogens with zero attached hydrogens (tertiary/aromatic N) is 5. The number of fused-ring (bicyclic) bond motifs is 1. The monoisotopic (exact) mass is 702 g/mol. The number of imidazole rings is 1. The molecule has 272 valence electrons. The third-order valence-electron chi connectivity index (χ3n) is 8.30. The Balaban J connectivity index is 1.36. The molecule has 3 amide bonds. The van der Waals surface area contributed by atoms with Gasteiger partial charge < -0.3 is 41.3 Å². The van der Waals surface area contributed by atoms with Gasteiger partial charge in [-0.05, 0) is 57.5 Å². The second kappa shape index (κ2) is 16.9. The number of aryl methyl sites for hydroxylation is 2. The lowest BCUT2D eigenvalue weighted by molar-refractivity contribution is 0.0358. The van der Waals surface area contributed by atoms with Crippen LogP contribution in [-0.4, -0.2) is 94.6 Å². The van der Waals surface area contributed by atoms with Crippen molar-refractivity contribution in [1.82, 2.24) is 24.2 Å². The summed E-state index contributed by atoms with van der Waals surface area (Å²) in [6, 6.07) is 7.95. The molecule has 3 heterocycles. The average Bonchev–Trinajstić information content (AvgIpc) is 3.67. The minimum atomic E-state index is -0.630. The van der Waals surface area contributed by atoms with E-state index in [0.717, 1.165) is 39.3 Å². The van der Waals surface area contributed by atoms with Crippen LogP contribution < -0.4 is 37.3 Å². The van der Waals surface area contributed by atoms with Gasteiger partial charge in [-0.3, -0.25) is 29.3 Å². The minimum absolute atomic E-state index is 0.229. The van der Waals surface area contributed by atoms with Crippen molar-refractivity contribution >= 4 is 46.1 Å². The Morgan fingerprint density at radius 1 is 0.980 bits per heavy atom. The lowest BCUT2D eigenvalue weighted by atomic mass is 10.1. The third kappa shape index (κ3) is 8.95. The van der Waals surface area contributed by atoms with Crippen LogP contribution in [0.5, 0.6) is 11.5 Å². The molecular weight excluding hydrogens is 656 g/mol. The van der Waals surface area contributed by atoms with Crippen LogP contribution in [0.1, 0.15) is 57.2 Å². The molecule has 0 aliphatic carbocycles. The highest BCUT2D eigenvalue weighted by Gasteiger charge is 2.22. The van der Waals surface area contributed by atoms with Gasteiger partial charge in [0.25, 0.3) is 5.91 Å². The maximum absolute atomic E-state index is 13.4. The molecule has 0 spiro atoms. The molecule has 0 unspecified atom stereocenters. The van der Waals surface area contributed by atoms with Crippen molar-refractivity contribution in [2.45, 2.75) is 40.3 Å². The van der Waals surface area contributed by atoms with Gasteiger partial charge in [0.05, 0.1) is 43.3 Å². The summed E-state index contributed by atoms with van der Waals surface area (Å²) in [5.41, 5.74) is 20.9. The van der Waals surface area contributed by atoms with E-state index in [1.807, 2.05) is 32.9 Å². The Bertz CT molecular complexity index is 1910. The Kier molecular flexibility index (Phi) is 12.1. The highest BCUT2D eigenvalue weighted by Crippen LogP contribution is 2.33. The van der Waals surface area contributed by atoms with Gasteiger partial charge in [-0.2, -0.15) is 5.10 Å². The normalized spacial score (nSPS) is 13.5. The number of nitrogen functional groups attached to an aromatic ring is 1. The van der Waals surface area contributed by atoms with Gasteiger partial charge in [0.1, 0.15) is 28.4 Å². The summed E-state index contributed by atoms with van der Waals surface area (Å²) in [7, 11) is 0. The summed E-state index contributed by atoms with van der Waals surface area (Å²) in [6.45, 7) is 11.5. The van der Waals surface area contributed by atoms with Gasteiger partial charge in [0.2, 0.25) is 17.8 Å². The van der Waals surface area contributed by atoms with Crippen LogP contribution in [-0.2, 0) is 17.8 Å². The number of nitrogens with two attached hydrogens (primary N) is 3.